The number of nitrogens with zero attached hydrogens (tertiary/aromatic N) is 1. The Balaban J connectivity index is 1.83. The molecule has 3 atom stereocenters. The number of carbonyl (C=O) groups is 5. The Bertz CT molecular complexity index is 1590. The SMILES string of the molecule is CC(C)(C)OC(=O)C1CC(C(=O)Nc2ccccc2)C(c2ccccc2F)N1C(=O)Cc1cccc(C(=O)O)c1NC(N)=O. The van der Waals surface area contributed by atoms with Crippen molar-refractivity contribution in [2.45, 2.75) is 51.3 Å². The smallest absolute Gasteiger partial charge is 0.337 e. The summed E-state index contributed by atoms with van der Waals surface area (Å²) in [6.07, 6.45) is -0.701. The zero-order valence-electron chi connectivity index (χ0n) is 24.4. The van der Waals surface area contributed by atoms with Crippen molar-refractivity contribution in [2.24, 2.45) is 11.7 Å². The molecule has 11 nitrogen and oxygen atoms in total. The minimum Gasteiger partial charge on any atom is -0.478 e. The van der Waals surface area contributed by atoms with Gasteiger partial charge in [0.1, 0.15) is 17.5 Å². The van der Waals surface area contributed by atoms with Crippen LogP contribution in [0.1, 0.15) is 54.7 Å². The second-order valence-corrected chi connectivity index (χ2v) is 11.3. The number of likely N-dealkylation sites (tertiary alicyclic amines) is 1. The lowest BCUT2D eigenvalue weighted by Crippen LogP contribution is -2.45. The number of carboxylic acids is 1. The standard InChI is InChI=1S/C32H33FN4O7/c1-32(2,3)44-30(42)24-17-22(28(39)35-19-11-5-4-6-12-19)27(20-13-7-8-15-23(20)33)37(24)25(38)16-18-10-9-14-21(29(40)41)26(18)36-31(34)43/h4-15,22,24,27H,16-17H2,1-3H3,(H,35,39)(H,40,41)(H3,34,36,43). The third-order valence-electron chi connectivity index (χ3n) is 7.03. The Kier molecular flexibility index (Phi) is 9.32. The fraction of sp³-hybridized carbons (Fsp3) is 0.281. The number of primary amides is 1. The summed E-state index contributed by atoms with van der Waals surface area (Å²) in [6, 6.07) is 14.6. The van der Waals surface area contributed by atoms with E-state index in [-0.39, 0.29) is 28.8 Å². The molecule has 5 N–H and O–H groups in total. The van der Waals surface area contributed by atoms with Crippen LogP contribution >= 0.6 is 0 Å². The number of nitrogens with two attached hydrogens (primary N) is 1. The molecule has 0 aromatic heterocycles. The lowest BCUT2D eigenvalue weighted by molar-refractivity contribution is -0.164. The summed E-state index contributed by atoms with van der Waals surface area (Å²) in [6.45, 7) is 4.96. The number of hydrogen-bond donors (Lipinski definition) is 4. The predicted octanol–water partition coefficient (Wildman–Crippen LogP) is 4.50. The summed E-state index contributed by atoms with van der Waals surface area (Å²) in [5.41, 5.74) is 4.38. The van der Waals surface area contributed by atoms with Gasteiger partial charge in [-0.15, -0.1) is 0 Å². The van der Waals surface area contributed by atoms with Crippen molar-refractivity contribution in [3.63, 3.8) is 0 Å². The second-order valence-electron chi connectivity index (χ2n) is 11.3. The first-order valence-corrected chi connectivity index (χ1v) is 13.8. The summed E-state index contributed by atoms with van der Waals surface area (Å²) in [5, 5.41) is 14.7. The van der Waals surface area contributed by atoms with E-state index in [0.717, 1.165) is 4.90 Å². The number of hydrogen-bond acceptors (Lipinski definition) is 6. The van der Waals surface area contributed by atoms with E-state index >= 15 is 4.39 Å². The van der Waals surface area contributed by atoms with Crippen molar-refractivity contribution < 1.29 is 38.2 Å². The molecule has 0 aliphatic carbocycles. The van der Waals surface area contributed by atoms with Crippen molar-refractivity contribution in [1.29, 1.82) is 0 Å². The van der Waals surface area contributed by atoms with E-state index in [4.69, 9.17) is 10.5 Å². The summed E-state index contributed by atoms with van der Waals surface area (Å²) >= 11 is 0. The number of carbonyl (C=O) groups excluding carboxylic acids is 4. The lowest BCUT2D eigenvalue weighted by Gasteiger charge is -2.33. The van der Waals surface area contributed by atoms with Crippen molar-refractivity contribution in [3.8, 4) is 0 Å². The number of para-hydroxylation sites is 2. The molecule has 12 heteroatoms. The van der Waals surface area contributed by atoms with Crippen LogP contribution in [-0.2, 0) is 25.5 Å². The molecule has 1 aliphatic rings. The maximum atomic E-state index is 15.4. The van der Waals surface area contributed by atoms with Crippen molar-refractivity contribution >= 4 is 41.2 Å². The summed E-state index contributed by atoms with van der Waals surface area (Å²) in [5.74, 6) is -5.23. The zero-order chi connectivity index (χ0) is 32.2. The minimum atomic E-state index is -1.38. The van der Waals surface area contributed by atoms with Crippen LogP contribution in [0.2, 0.25) is 0 Å². The van der Waals surface area contributed by atoms with Gasteiger partial charge in [-0.25, -0.2) is 18.8 Å². The van der Waals surface area contributed by atoms with Crippen LogP contribution < -0.4 is 16.4 Å². The number of halogens is 1. The number of anilines is 2. The van der Waals surface area contributed by atoms with Crippen molar-refractivity contribution in [3.05, 3.63) is 95.3 Å². The Morgan fingerprint density at radius 3 is 2.23 bits per heavy atom. The van der Waals surface area contributed by atoms with Gasteiger partial charge in [-0.3, -0.25) is 9.59 Å². The topological polar surface area (TPSA) is 168 Å². The number of rotatable bonds is 8. The quantitative estimate of drug-likeness (QED) is 0.275. The molecule has 3 aromatic rings. The molecule has 1 saturated heterocycles. The van der Waals surface area contributed by atoms with E-state index in [1.165, 1.54) is 36.4 Å². The normalized spacial score (nSPS) is 17.9. The van der Waals surface area contributed by atoms with Crippen LogP contribution in [0.15, 0.2) is 72.8 Å². The molecule has 0 saturated carbocycles. The molecule has 0 radical (unpaired) electrons. The van der Waals surface area contributed by atoms with Gasteiger partial charge in [0.05, 0.1) is 29.6 Å². The first kappa shape index (κ1) is 31.7. The highest BCUT2D eigenvalue weighted by molar-refractivity contribution is 6.02. The second kappa shape index (κ2) is 12.9. The molecule has 3 aromatic carbocycles. The van der Waals surface area contributed by atoms with E-state index in [0.29, 0.717) is 5.69 Å². The Labute approximate surface area is 253 Å². The average molecular weight is 605 g/mol. The number of amides is 4. The van der Waals surface area contributed by atoms with Gasteiger partial charge in [-0.05, 0) is 57.0 Å². The van der Waals surface area contributed by atoms with E-state index in [1.807, 2.05) is 0 Å². The molecular formula is C32H33FN4O7. The van der Waals surface area contributed by atoms with E-state index < -0.39 is 65.6 Å². The maximum absolute atomic E-state index is 15.4. The Morgan fingerprint density at radius 2 is 1.61 bits per heavy atom. The van der Waals surface area contributed by atoms with Gasteiger partial charge in [0, 0.05) is 11.3 Å². The molecule has 1 heterocycles. The highest BCUT2D eigenvalue weighted by Crippen LogP contribution is 2.44. The maximum Gasteiger partial charge on any atom is 0.337 e. The van der Waals surface area contributed by atoms with Gasteiger partial charge >= 0.3 is 18.0 Å². The monoisotopic (exact) mass is 604 g/mol. The predicted molar refractivity (Wildman–Crippen MR) is 159 cm³/mol. The van der Waals surface area contributed by atoms with Gasteiger partial charge in [0.2, 0.25) is 11.8 Å². The number of carboxylic acid groups (broad SMARTS) is 1. The van der Waals surface area contributed by atoms with Gasteiger partial charge in [-0.2, -0.15) is 0 Å². The molecule has 230 valence electrons. The van der Waals surface area contributed by atoms with Gasteiger partial charge < -0.3 is 31.1 Å². The molecule has 4 amide bonds. The number of ether oxygens (including phenoxy) is 1. The van der Waals surface area contributed by atoms with Crippen molar-refractivity contribution in [2.75, 3.05) is 10.6 Å². The zero-order valence-corrected chi connectivity index (χ0v) is 24.4. The third kappa shape index (κ3) is 7.20. The molecule has 1 fully saturated rings. The first-order valence-electron chi connectivity index (χ1n) is 13.8. The fourth-order valence-corrected chi connectivity index (χ4v) is 5.32. The highest BCUT2D eigenvalue weighted by Gasteiger charge is 2.52. The fourth-order valence-electron chi connectivity index (χ4n) is 5.32. The summed E-state index contributed by atoms with van der Waals surface area (Å²) in [4.78, 5) is 66.3. The molecule has 0 spiro atoms. The largest absolute Gasteiger partial charge is 0.478 e. The van der Waals surface area contributed by atoms with Crippen molar-refractivity contribution in [1.82, 2.24) is 4.90 Å². The molecule has 0 bridgehead atoms. The number of esters is 1. The van der Waals surface area contributed by atoms with Gasteiger partial charge in [0.25, 0.3) is 0 Å². The number of benzene rings is 3. The molecule has 1 aliphatic heterocycles. The van der Waals surface area contributed by atoms with E-state index in [9.17, 15) is 29.1 Å². The minimum absolute atomic E-state index is 0.00916. The molecule has 44 heavy (non-hydrogen) atoms. The Morgan fingerprint density at radius 1 is 0.955 bits per heavy atom. The van der Waals surface area contributed by atoms with Crippen LogP contribution in [0.3, 0.4) is 0 Å². The van der Waals surface area contributed by atoms with E-state index in [1.54, 1.807) is 57.2 Å². The van der Waals surface area contributed by atoms with Crippen LogP contribution in [0.5, 0.6) is 0 Å². The number of aromatic carboxylic acids is 1. The van der Waals surface area contributed by atoms with Crippen LogP contribution in [0.25, 0.3) is 0 Å². The first-order chi connectivity index (χ1) is 20.8. The lowest BCUT2D eigenvalue weighted by atomic mass is 9.91. The summed E-state index contributed by atoms with van der Waals surface area (Å²) in [7, 11) is 0. The van der Waals surface area contributed by atoms with Gasteiger partial charge in [-0.1, -0.05) is 48.5 Å². The number of urea groups is 1. The third-order valence-corrected chi connectivity index (χ3v) is 7.03. The van der Waals surface area contributed by atoms with Crippen LogP contribution in [-0.4, -0.2) is 51.4 Å². The Hall–Kier alpha value is -5.26. The van der Waals surface area contributed by atoms with Crippen LogP contribution in [0, 0.1) is 11.7 Å². The molecule has 3 unspecified atom stereocenters. The highest BCUT2D eigenvalue weighted by atomic mass is 19.1. The number of nitrogens with one attached hydrogen (secondary N) is 2. The van der Waals surface area contributed by atoms with Gasteiger partial charge in [0.15, 0.2) is 0 Å². The van der Waals surface area contributed by atoms with E-state index in [2.05, 4.69) is 10.6 Å². The average Bonchev–Trinajstić information content (AvgIpc) is 3.34. The van der Waals surface area contributed by atoms with Crippen LogP contribution in [0.4, 0.5) is 20.6 Å². The summed E-state index contributed by atoms with van der Waals surface area (Å²) < 4.78 is 21.0. The molecular weight excluding hydrogens is 571 g/mol. The molecule has 4 rings (SSSR count).